The van der Waals surface area contributed by atoms with Crippen molar-refractivity contribution in [1.29, 1.82) is 0 Å². The fourth-order valence-electron chi connectivity index (χ4n) is 3.30. The average molecular weight is 278 g/mol. The van der Waals surface area contributed by atoms with E-state index in [4.69, 9.17) is 5.73 Å². The molecular weight excluding hydrogens is 251 g/mol. The normalized spacial score (nSPS) is 23.5. The molecule has 1 saturated heterocycles. The van der Waals surface area contributed by atoms with Gasteiger partial charge in [0.25, 0.3) is 0 Å². The van der Waals surface area contributed by atoms with Crippen LogP contribution in [0.5, 0.6) is 0 Å². The minimum atomic E-state index is -0.178. The zero-order valence-corrected chi connectivity index (χ0v) is 12.7. The van der Waals surface area contributed by atoms with Crippen molar-refractivity contribution in [2.45, 2.75) is 51.6 Å². The summed E-state index contributed by atoms with van der Waals surface area (Å²) in [6.45, 7) is 6.61. The van der Waals surface area contributed by atoms with Crippen molar-refractivity contribution in [3.8, 4) is 0 Å². The van der Waals surface area contributed by atoms with Crippen LogP contribution in [0, 0.1) is 11.7 Å². The van der Waals surface area contributed by atoms with Gasteiger partial charge in [0.1, 0.15) is 5.82 Å². The van der Waals surface area contributed by atoms with Crippen molar-refractivity contribution in [3.63, 3.8) is 0 Å². The van der Waals surface area contributed by atoms with Crippen LogP contribution in [0.25, 0.3) is 0 Å². The van der Waals surface area contributed by atoms with E-state index < -0.39 is 0 Å². The van der Waals surface area contributed by atoms with Gasteiger partial charge in [-0.2, -0.15) is 0 Å². The monoisotopic (exact) mass is 278 g/mol. The fraction of sp³-hybridized carbons (Fsp3) is 0.647. The summed E-state index contributed by atoms with van der Waals surface area (Å²) in [6.07, 6.45) is 4.74. The topological polar surface area (TPSA) is 29.3 Å². The summed E-state index contributed by atoms with van der Waals surface area (Å²) < 4.78 is 13.1. The van der Waals surface area contributed by atoms with E-state index in [0.29, 0.717) is 0 Å². The van der Waals surface area contributed by atoms with Gasteiger partial charge < -0.3 is 5.73 Å². The van der Waals surface area contributed by atoms with E-state index in [0.717, 1.165) is 31.0 Å². The van der Waals surface area contributed by atoms with Crippen LogP contribution in [-0.2, 0) is 0 Å². The Labute approximate surface area is 122 Å². The maximum atomic E-state index is 13.1. The zero-order chi connectivity index (χ0) is 14.5. The Morgan fingerprint density at radius 2 is 2.00 bits per heavy atom. The lowest BCUT2D eigenvalue weighted by molar-refractivity contribution is 0.104. The highest BCUT2D eigenvalue weighted by Crippen LogP contribution is 2.31. The summed E-state index contributed by atoms with van der Waals surface area (Å²) in [6, 6.07) is 7.21. The van der Waals surface area contributed by atoms with Crippen LogP contribution in [0.3, 0.4) is 0 Å². The number of nitrogens with two attached hydrogens (primary N) is 1. The Balaban J connectivity index is 2.20. The van der Waals surface area contributed by atoms with Crippen molar-refractivity contribution < 1.29 is 4.39 Å². The van der Waals surface area contributed by atoms with Gasteiger partial charge in [0.05, 0.1) is 0 Å². The average Bonchev–Trinajstić information content (AvgIpc) is 2.49. The first kappa shape index (κ1) is 15.5. The van der Waals surface area contributed by atoms with E-state index in [2.05, 4.69) is 18.7 Å². The third-order valence-corrected chi connectivity index (χ3v) is 4.61. The number of hydrogen-bond donors (Lipinski definition) is 1. The van der Waals surface area contributed by atoms with E-state index in [-0.39, 0.29) is 17.9 Å². The maximum Gasteiger partial charge on any atom is 0.123 e. The van der Waals surface area contributed by atoms with Crippen LogP contribution in [0.15, 0.2) is 24.3 Å². The summed E-state index contributed by atoms with van der Waals surface area (Å²) in [4.78, 5) is 2.51. The third kappa shape index (κ3) is 3.58. The van der Waals surface area contributed by atoms with Gasteiger partial charge in [-0.3, -0.25) is 4.90 Å². The number of nitrogens with zero attached hydrogens (tertiary/aromatic N) is 1. The highest BCUT2D eigenvalue weighted by atomic mass is 19.1. The van der Waals surface area contributed by atoms with Gasteiger partial charge in [0.2, 0.25) is 0 Å². The highest BCUT2D eigenvalue weighted by Gasteiger charge is 2.29. The molecule has 112 valence electrons. The highest BCUT2D eigenvalue weighted by molar-refractivity contribution is 5.22. The quantitative estimate of drug-likeness (QED) is 0.889. The summed E-state index contributed by atoms with van der Waals surface area (Å²) in [7, 11) is 0. The van der Waals surface area contributed by atoms with Crippen LogP contribution < -0.4 is 5.73 Å². The van der Waals surface area contributed by atoms with Gasteiger partial charge >= 0.3 is 0 Å². The van der Waals surface area contributed by atoms with E-state index in [9.17, 15) is 4.39 Å². The van der Waals surface area contributed by atoms with Crippen molar-refractivity contribution in [1.82, 2.24) is 4.90 Å². The van der Waals surface area contributed by atoms with Gasteiger partial charge in [-0.15, -0.1) is 0 Å². The van der Waals surface area contributed by atoms with Crippen LogP contribution >= 0.6 is 0 Å². The number of piperidine rings is 1. The molecule has 1 aliphatic heterocycles. The zero-order valence-electron chi connectivity index (χ0n) is 12.7. The maximum absolute atomic E-state index is 13.1. The smallest absolute Gasteiger partial charge is 0.123 e. The number of rotatable bonds is 5. The molecule has 2 rings (SSSR count). The molecule has 1 aliphatic rings. The first-order valence-corrected chi connectivity index (χ1v) is 7.90. The molecular formula is C17H27FN2. The second-order valence-corrected chi connectivity index (χ2v) is 5.98. The summed E-state index contributed by atoms with van der Waals surface area (Å²) >= 11 is 0. The number of hydrogen-bond acceptors (Lipinski definition) is 2. The predicted octanol–water partition coefficient (Wildman–Crippen LogP) is 3.73. The Morgan fingerprint density at radius 3 is 2.60 bits per heavy atom. The van der Waals surface area contributed by atoms with Crippen molar-refractivity contribution in [3.05, 3.63) is 35.6 Å². The molecule has 0 aliphatic carbocycles. The third-order valence-electron chi connectivity index (χ3n) is 4.61. The molecule has 3 atom stereocenters. The van der Waals surface area contributed by atoms with Gasteiger partial charge in [0.15, 0.2) is 0 Å². The fourth-order valence-corrected chi connectivity index (χ4v) is 3.30. The van der Waals surface area contributed by atoms with Crippen LogP contribution in [0.1, 0.15) is 51.1 Å². The molecule has 20 heavy (non-hydrogen) atoms. The lowest BCUT2D eigenvalue weighted by Gasteiger charge is -2.40. The van der Waals surface area contributed by atoms with Gasteiger partial charge in [-0.05, 0) is 49.4 Å². The Bertz CT molecular complexity index is 404. The first-order chi connectivity index (χ1) is 9.65. The first-order valence-electron chi connectivity index (χ1n) is 7.90. The second-order valence-electron chi connectivity index (χ2n) is 5.98. The molecule has 2 nitrogen and oxygen atoms in total. The molecule has 0 radical (unpaired) electrons. The molecule has 0 aromatic heterocycles. The molecule has 0 bridgehead atoms. The van der Waals surface area contributed by atoms with Crippen LogP contribution in [-0.4, -0.2) is 24.0 Å². The van der Waals surface area contributed by atoms with Crippen LogP contribution in [0.2, 0.25) is 0 Å². The largest absolute Gasteiger partial charge is 0.326 e. The minimum Gasteiger partial charge on any atom is -0.326 e. The van der Waals surface area contributed by atoms with Crippen molar-refractivity contribution >= 4 is 0 Å². The Morgan fingerprint density at radius 1 is 1.30 bits per heavy atom. The van der Waals surface area contributed by atoms with E-state index in [1.54, 1.807) is 12.1 Å². The van der Waals surface area contributed by atoms with Crippen LogP contribution in [0.4, 0.5) is 4.39 Å². The molecule has 3 heteroatoms. The van der Waals surface area contributed by atoms with E-state index >= 15 is 0 Å². The van der Waals surface area contributed by atoms with E-state index in [1.165, 1.54) is 19.3 Å². The van der Waals surface area contributed by atoms with Crippen molar-refractivity contribution in [2.75, 3.05) is 13.1 Å². The molecule has 0 spiro atoms. The standard InChI is InChI=1S/C17H27FN2/c1-3-13-6-5-11-20(12-13)17(16(19)4-2)14-7-9-15(18)10-8-14/h7-10,13,16-17H,3-6,11-12,19H2,1-2H3. The Kier molecular flexibility index (Phi) is 5.55. The SMILES string of the molecule is CCC1CCCN(C(c2ccc(F)cc2)C(N)CC)C1. The second kappa shape index (κ2) is 7.19. The van der Waals surface area contributed by atoms with E-state index in [1.807, 2.05) is 12.1 Å². The van der Waals surface area contributed by atoms with Crippen molar-refractivity contribution in [2.24, 2.45) is 11.7 Å². The summed E-state index contributed by atoms with van der Waals surface area (Å²) in [5, 5.41) is 0. The Hall–Kier alpha value is -0.930. The molecule has 2 N–H and O–H groups in total. The number of likely N-dealkylation sites (tertiary alicyclic amines) is 1. The number of halogens is 1. The molecule has 1 aromatic carbocycles. The number of benzene rings is 1. The lowest BCUT2D eigenvalue weighted by Crippen LogP contribution is -2.45. The predicted molar refractivity (Wildman–Crippen MR) is 82.0 cm³/mol. The molecule has 1 aromatic rings. The molecule has 1 fully saturated rings. The van der Waals surface area contributed by atoms with Gasteiger partial charge in [-0.1, -0.05) is 32.4 Å². The lowest BCUT2D eigenvalue weighted by atomic mass is 9.90. The summed E-state index contributed by atoms with van der Waals surface area (Å²) in [5.74, 6) is 0.596. The van der Waals surface area contributed by atoms with Gasteiger partial charge in [-0.25, -0.2) is 4.39 Å². The molecule has 0 saturated carbocycles. The molecule has 0 amide bonds. The molecule has 3 unspecified atom stereocenters. The van der Waals surface area contributed by atoms with Gasteiger partial charge in [0, 0.05) is 18.6 Å². The molecule has 1 heterocycles. The summed E-state index contributed by atoms with van der Waals surface area (Å²) in [5.41, 5.74) is 7.52. The minimum absolute atomic E-state index is 0.107.